The summed E-state index contributed by atoms with van der Waals surface area (Å²) in [5, 5.41) is 2.87. The molecule has 152 valence electrons. The number of amides is 1. The fourth-order valence-corrected chi connectivity index (χ4v) is 3.93. The summed E-state index contributed by atoms with van der Waals surface area (Å²) >= 11 is 0. The lowest BCUT2D eigenvalue weighted by molar-refractivity contribution is -0.123. The van der Waals surface area contributed by atoms with Gasteiger partial charge in [0.15, 0.2) is 6.61 Å². The predicted octanol–water partition coefficient (Wildman–Crippen LogP) is 3.50. The highest BCUT2D eigenvalue weighted by Crippen LogP contribution is 2.24. The smallest absolute Gasteiger partial charge is 0.264 e. The quantitative estimate of drug-likeness (QED) is 0.694. The number of carbonyl (C=O) groups excluding carboxylic acids is 1. The lowest BCUT2D eigenvalue weighted by Gasteiger charge is -2.20. The maximum Gasteiger partial charge on any atom is 0.264 e. The number of nitrogens with zero attached hydrogens (tertiary/aromatic N) is 1. The first-order valence-electron chi connectivity index (χ1n) is 9.32. The fraction of sp³-hybridized carbons (Fsp3) is 0.381. The summed E-state index contributed by atoms with van der Waals surface area (Å²) in [6.07, 6.45) is 1.92. The van der Waals surface area contributed by atoms with Crippen molar-refractivity contribution in [1.82, 2.24) is 5.32 Å². The number of ether oxygens (including phenoxy) is 1. The van der Waals surface area contributed by atoms with Gasteiger partial charge in [0.1, 0.15) is 5.75 Å². The van der Waals surface area contributed by atoms with Gasteiger partial charge in [-0.25, -0.2) is 8.42 Å². The summed E-state index contributed by atoms with van der Waals surface area (Å²) in [6.45, 7) is 5.85. The maximum absolute atomic E-state index is 12.7. The monoisotopic (exact) mass is 404 g/mol. The average Bonchev–Trinajstić information content (AvgIpc) is 2.66. The normalized spacial score (nSPS) is 12.3. The summed E-state index contributed by atoms with van der Waals surface area (Å²) in [4.78, 5) is 12.1. The highest BCUT2D eigenvalue weighted by molar-refractivity contribution is 7.92. The van der Waals surface area contributed by atoms with Crippen molar-refractivity contribution in [2.45, 2.75) is 44.6 Å². The van der Waals surface area contributed by atoms with Crippen molar-refractivity contribution in [2.75, 3.05) is 18.0 Å². The number of carbonyl (C=O) groups is 1. The molecule has 0 radical (unpaired) electrons. The molecule has 0 fully saturated rings. The Balaban J connectivity index is 1.99. The van der Waals surface area contributed by atoms with E-state index < -0.39 is 10.0 Å². The molecule has 0 unspecified atom stereocenters. The van der Waals surface area contributed by atoms with Crippen molar-refractivity contribution in [1.29, 1.82) is 0 Å². The van der Waals surface area contributed by atoms with Gasteiger partial charge in [-0.15, -0.1) is 0 Å². The lowest BCUT2D eigenvalue weighted by atomic mass is 10.2. The lowest BCUT2D eigenvalue weighted by Crippen LogP contribution is -2.35. The van der Waals surface area contributed by atoms with Gasteiger partial charge in [0.2, 0.25) is 0 Å². The summed E-state index contributed by atoms with van der Waals surface area (Å²) in [7, 11) is -2.13. The number of benzene rings is 2. The van der Waals surface area contributed by atoms with Crippen LogP contribution in [0.4, 0.5) is 5.69 Å². The van der Waals surface area contributed by atoms with E-state index >= 15 is 0 Å². The van der Waals surface area contributed by atoms with Crippen LogP contribution in [-0.4, -0.2) is 34.0 Å². The fourth-order valence-electron chi connectivity index (χ4n) is 2.73. The van der Waals surface area contributed by atoms with Crippen LogP contribution in [0.3, 0.4) is 0 Å². The van der Waals surface area contributed by atoms with Gasteiger partial charge in [0.05, 0.1) is 10.6 Å². The minimum Gasteiger partial charge on any atom is -0.484 e. The van der Waals surface area contributed by atoms with Gasteiger partial charge in [-0.1, -0.05) is 31.0 Å². The molecule has 0 aliphatic heterocycles. The van der Waals surface area contributed by atoms with E-state index in [1.807, 2.05) is 13.8 Å². The number of hydrogen-bond acceptors (Lipinski definition) is 4. The number of anilines is 1. The van der Waals surface area contributed by atoms with Crippen molar-refractivity contribution in [3.63, 3.8) is 0 Å². The van der Waals surface area contributed by atoms with Gasteiger partial charge in [-0.3, -0.25) is 9.10 Å². The Morgan fingerprint density at radius 2 is 1.71 bits per heavy atom. The van der Waals surface area contributed by atoms with Crippen LogP contribution >= 0.6 is 0 Å². The van der Waals surface area contributed by atoms with E-state index in [-0.39, 0.29) is 23.5 Å². The van der Waals surface area contributed by atoms with Gasteiger partial charge >= 0.3 is 0 Å². The highest BCUT2D eigenvalue weighted by atomic mass is 32.2. The second-order valence-corrected chi connectivity index (χ2v) is 8.79. The van der Waals surface area contributed by atoms with Gasteiger partial charge in [-0.2, -0.15) is 0 Å². The number of sulfonamides is 1. The number of aryl methyl sites for hydroxylation is 1. The van der Waals surface area contributed by atoms with Gasteiger partial charge in [0.25, 0.3) is 15.9 Å². The minimum atomic E-state index is -3.64. The molecular weight excluding hydrogens is 376 g/mol. The number of nitrogens with one attached hydrogen (secondary N) is 1. The summed E-state index contributed by atoms with van der Waals surface area (Å²) in [5.41, 5.74) is 1.50. The Bertz CT molecular complexity index is 878. The molecule has 1 atom stereocenters. The van der Waals surface area contributed by atoms with Crippen LogP contribution in [-0.2, 0) is 14.8 Å². The van der Waals surface area contributed by atoms with E-state index in [2.05, 4.69) is 12.2 Å². The van der Waals surface area contributed by atoms with Crippen molar-refractivity contribution in [3.05, 3.63) is 54.1 Å². The minimum absolute atomic E-state index is 0.0785. The Hall–Kier alpha value is -2.54. The Labute approximate surface area is 167 Å². The van der Waals surface area contributed by atoms with Crippen LogP contribution in [0.5, 0.6) is 5.75 Å². The highest BCUT2D eigenvalue weighted by Gasteiger charge is 2.21. The molecule has 0 spiro atoms. The van der Waals surface area contributed by atoms with Crippen LogP contribution in [0.2, 0.25) is 0 Å². The third-order valence-electron chi connectivity index (χ3n) is 4.38. The van der Waals surface area contributed by atoms with Crippen LogP contribution < -0.4 is 14.4 Å². The molecule has 0 heterocycles. The van der Waals surface area contributed by atoms with Crippen molar-refractivity contribution in [2.24, 2.45) is 0 Å². The Morgan fingerprint density at radius 1 is 1.11 bits per heavy atom. The van der Waals surface area contributed by atoms with Crippen molar-refractivity contribution < 1.29 is 17.9 Å². The van der Waals surface area contributed by atoms with Crippen molar-refractivity contribution in [3.8, 4) is 5.75 Å². The molecule has 2 aromatic rings. The van der Waals surface area contributed by atoms with Crippen LogP contribution in [0, 0.1) is 6.92 Å². The Morgan fingerprint density at radius 3 is 2.29 bits per heavy atom. The maximum atomic E-state index is 12.7. The summed E-state index contributed by atoms with van der Waals surface area (Å²) < 4.78 is 32.2. The molecule has 0 aromatic heterocycles. The van der Waals surface area contributed by atoms with E-state index in [0.29, 0.717) is 11.4 Å². The largest absolute Gasteiger partial charge is 0.484 e. The van der Waals surface area contributed by atoms with E-state index in [1.165, 1.54) is 11.4 Å². The van der Waals surface area contributed by atoms with Gasteiger partial charge in [0, 0.05) is 13.1 Å². The zero-order valence-electron chi connectivity index (χ0n) is 16.8. The zero-order chi connectivity index (χ0) is 20.7. The molecule has 2 aromatic carbocycles. The molecule has 1 N–H and O–H groups in total. The number of rotatable bonds is 9. The van der Waals surface area contributed by atoms with Crippen molar-refractivity contribution >= 4 is 21.6 Å². The predicted molar refractivity (Wildman–Crippen MR) is 111 cm³/mol. The summed E-state index contributed by atoms with van der Waals surface area (Å²) in [6, 6.07) is 13.4. The molecule has 0 aliphatic rings. The second kappa shape index (κ2) is 9.59. The number of hydrogen-bond donors (Lipinski definition) is 1. The van der Waals surface area contributed by atoms with Crippen LogP contribution in [0.15, 0.2) is 53.4 Å². The molecule has 0 aliphatic carbocycles. The van der Waals surface area contributed by atoms with E-state index in [4.69, 9.17) is 4.74 Å². The average molecular weight is 405 g/mol. The molecule has 28 heavy (non-hydrogen) atoms. The molecule has 6 nitrogen and oxygen atoms in total. The van der Waals surface area contributed by atoms with E-state index in [0.717, 1.165) is 18.4 Å². The third-order valence-corrected chi connectivity index (χ3v) is 6.18. The van der Waals surface area contributed by atoms with Gasteiger partial charge < -0.3 is 10.1 Å². The topological polar surface area (TPSA) is 75.7 Å². The molecule has 0 saturated carbocycles. The first-order chi connectivity index (χ1) is 13.2. The first kappa shape index (κ1) is 21.8. The third kappa shape index (κ3) is 5.73. The molecule has 1 amide bonds. The molecule has 7 heteroatoms. The molecule has 2 rings (SSSR count). The molecular formula is C21H28N2O4S. The van der Waals surface area contributed by atoms with Gasteiger partial charge in [-0.05, 0) is 56.7 Å². The first-order valence-corrected chi connectivity index (χ1v) is 10.8. The molecule has 0 bridgehead atoms. The zero-order valence-corrected chi connectivity index (χ0v) is 17.6. The second-order valence-electron chi connectivity index (χ2n) is 6.83. The summed E-state index contributed by atoms with van der Waals surface area (Å²) in [5.74, 6) is 0.326. The molecule has 0 saturated heterocycles. The van der Waals surface area contributed by atoms with Crippen LogP contribution in [0.25, 0.3) is 0 Å². The Kier molecular flexibility index (Phi) is 7.45. The van der Waals surface area contributed by atoms with E-state index in [9.17, 15) is 13.2 Å². The van der Waals surface area contributed by atoms with E-state index in [1.54, 1.807) is 48.5 Å². The standard InChI is InChI=1S/C21H28N2O4S/c1-5-6-17(3)22-21(24)15-27-19-11-9-18(10-12-19)23(4)28(25,26)20-13-7-16(2)8-14-20/h7-14,17H,5-6,15H2,1-4H3,(H,22,24)/t17-/m1/s1. The van der Waals surface area contributed by atoms with Crippen LogP contribution in [0.1, 0.15) is 32.3 Å². The SMILES string of the molecule is CCC[C@@H](C)NC(=O)COc1ccc(N(C)S(=O)(=O)c2ccc(C)cc2)cc1.